The van der Waals surface area contributed by atoms with Gasteiger partial charge in [-0.3, -0.25) is 0 Å². The molecule has 0 bridgehead atoms. The van der Waals surface area contributed by atoms with E-state index in [0.29, 0.717) is 11.8 Å². The molecule has 2 rings (SSSR count). The smallest absolute Gasteiger partial charge is 0.135 e. The zero-order valence-electron chi connectivity index (χ0n) is 10.2. The summed E-state index contributed by atoms with van der Waals surface area (Å²) in [5.74, 6) is 3.15. The molecule has 1 saturated carbocycles. The van der Waals surface area contributed by atoms with E-state index in [9.17, 15) is 0 Å². The van der Waals surface area contributed by atoms with E-state index in [2.05, 4.69) is 38.9 Å². The molecule has 0 radical (unpaired) electrons. The third-order valence-electron chi connectivity index (χ3n) is 3.23. The summed E-state index contributed by atoms with van der Waals surface area (Å²) < 4.78 is 0. The fourth-order valence-corrected chi connectivity index (χ4v) is 2.37. The topological polar surface area (TPSA) is 21.6 Å². The van der Waals surface area contributed by atoms with Crippen LogP contribution in [-0.4, -0.2) is 6.21 Å². The van der Waals surface area contributed by atoms with Crippen LogP contribution in [0.1, 0.15) is 40.5 Å². The lowest BCUT2D eigenvalue weighted by Gasteiger charge is -2.27. The van der Waals surface area contributed by atoms with Crippen LogP contribution in [-0.2, 0) is 4.84 Å². The Labute approximate surface area is 92.4 Å². The lowest BCUT2D eigenvalue weighted by molar-refractivity contribution is 0.147. The maximum atomic E-state index is 5.47. The highest BCUT2D eigenvalue weighted by Crippen LogP contribution is 2.45. The summed E-state index contributed by atoms with van der Waals surface area (Å²) in [6.45, 7) is 8.89. The average molecular weight is 207 g/mol. The minimum atomic E-state index is 0.0512. The van der Waals surface area contributed by atoms with Crippen LogP contribution < -0.4 is 0 Å². The van der Waals surface area contributed by atoms with Gasteiger partial charge in [0.25, 0.3) is 0 Å². The van der Waals surface area contributed by atoms with Crippen molar-refractivity contribution in [3.63, 3.8) is 0 Å². The largest absolute Gasteiger partial charge is 0.362 e. The SMILES string of the molecule is CC(C)C(C1=CC(C)(C)C=NO1)C1CC1. The Bertz CT molecular complexity index is 296. The van der Waals surface area contributed by atoms with Crippen molar-refractivity contribution in [3.05, 3.63) is 11.8 Å². The number of nitrogens with zero attached hydrogens (tertiary/aromatic N) is 1. The third kappa shape index (κ3) is 2.42. The second kappa shape index (κ2) is 3.66. The fourth-order valence-electron chi connectivity index (χ4n) is 2.37. The Morgan fingerprint density at radius 1 is 1.40 bits per heavy atom. The molecule has 1 aliphatic heterocycles. The van der Waals surface area contributed by atoms with Gasteiger partial charge in [0, 0.05) is 11.3 Å². The molecule has 1 atom stereocenters. The Kier molecular flexibility index (Phi) is 2.61. The second-order valence-electron chi connectivity index (χ2n) is 5.80. The first-order chi connectivity index (χ1) is 6.99. The Balaban J connectivity index is 2.17. The van der Waals surface area contributed by atoms with E-state index in [1.807, 2.05) is 6.21 Å². The van der Waals surface area contributed by atoms with Gasteiger partial charge in [0.1, 0.15) is 5.76 Å². The van der Waals surface area contributed by atoms with Crippen LogP contribution >= 0.6 is 0 Å². The highest BCUT2D eigenvalue weighted by atomic mass is 16.6. The molecule has 2 heteroatoms. The van der Waals surface area contributed by atoms with Crippen LogP contribution in [0, 0.1) is 23.2 Å². The van der Waals surface area contributed by atoms with E-state index in [0.717, 1.165) is 11.7 Å². The van der Waals surface area contributed by atoms with Crippen LogP contribution in [0.15, 0.2) is 17.0 Å². The number of hydrogen-bond acceptors (Lipinski definition) is 2. The number of hydrogen-bond donors (Lipinski definition) is 0. The van der Waals surface area contributed by atoms with E-state index in [1.165, 1.54) is 12.8 Å². The number of oxime groups is 1. The summed E-state index contributed by atoms with van der Waals surface area (Å²) in [7, 11) is 0. The molecule has 1 unspecified atom stereocenters. The average Bonchev–Trinajstić information content (AvgIpc) is 2.85. The van der Waals surface area contributed by atoms with E-state index in [4.69, 9.17) is 4.84 Å². The minimum Gasteiger partial charge on any atom is -0.362 e. The predicted molar refractivity (Wildman–Crippen MR) is 62.5 cm³/mol. The maximum absolute atomic E-state index is 5.47. The molecule has 1 heterocycles. The third-order valence-corrected chi connectivity index (χ3v) is 3.23. The quantitative estimate of drug-likeness (QED) is 0.693. The molecule has 0 aromatic rings. The molecule has 1 aliphatic carbocycles. The van der Waals surface area contributed by atoms with Crippen molar-refractivity contribution in [1.29, 1.82) is 0 Å². The summed E-state index contributed by atoms with van der Waals surface area (Å²) in [6, 6.07) is 0. The molecule has 0 amide bonds. The van der Waals surface area contributed by atoms with Crippen LogP contribution in [0.4, 0.5) is 0 Å². The summed E-state index contributed by atoms with van der Waals surface area (Å²) in [5, 5.41) is 4.03. The van der Waals surface area contributed by atoms with Gasteiger partial charge in [-0.15, -0.1) is 0 Å². The van der Waals surface area contributed by atoms with Crippen molar-refractivity contribution in [2.45, 2.75) is 40.5 Å². The first kappa shape index (κ1) is 10.7. The van der Waals surface area contributed by atoms with Crippen molar-refractivity contribution in [1.82, 2.24) is 0 Å². The van der Waals surface area contributed by atoms with Crippen molar-refractivity contribution in [2.75, 3.05) is 0 Å². The number of allylic oxidation sites excluding steroid dienone is 2. The second-order valence-corrected chi connectivity index (χ2v) is 5.80. The van der Waals surface area contributed by atoms with Gasteiger partial charge in [0.05, 0.1) is 6.21 Å². The van der Waals surface area contributed by atoms with Gasteiger partial charge in [-0.1, -0.05) is 32.9 Å². The molecular formula is C13H21NO. The van der Waals surface area contributed by atoms with Crippen molar-refractivity contribution < 1.29 is 4.84 Å². The minimum absolute atomic E-state index is 0.0512. The molecule has 0 spiro atoms. The van der Waals surface area contributed by atoms with Gasteiger partial charge in [0.2, 0.25) is 0 Å². The van der Waals surface area contributed by atoms with E-state index < -0.39 is 0 Å². The summed E-state index contributed by atoms with van der Waals surface area (Å²) in [4.78, 5) is 5.47. The van der Waals surface area contributed by atoms with Gasteiger partial charge < -0.3 is 4.84 Å². The van der Waals surface area contributed by atoms with Crippen molar-refractivity contribution in [3.8, 4) is 0 Å². The van der Waals surface area contributed by atoms with E-state index >= 15 is 0 Å². The van der Waals surface area contributed by atoms with Gasteiger partial charge in [-0.2, -0.15) is 0 Å². The van der Waals surface area contributed by atoms with Crippen LogP contribution in [0.5, 0.6) is 0 Å². The molecule has 2 aliphatic rings. The van der Waals surface area contributed by atoms with E-state index in [-0.39, 0.29) is 5.41 Å². The molecule has 15 heavy (non-hydrogen) atoms. The standard InChI is InChI=1S/C13H21NO/c1-9(2)12(10-5-6-10)11-7-13(3,4)8-14-15-11/h7-10,12H,5-6H2,1-4H3. The fraction of sp³-hybridized carbons (Fsp3) is 0.769. The molecule has 0 aromatic heterocycles. The molecule has 0 aromatic carbocycles. The Hall–Kier alpha value is -0.790. The van der Waals surface area contributed by atoms with Crippen LogP contribution in [0.3, 0.4) is 0 Å². The van der Waals surface area contributed by atoms with Gasteiger partial charge in [-0.05, 0) is 30.8 Å². The molecule has 0 N–H and O–H groups in total. The first-order valence-corrected chi connectivity index (χ1v) is 5.94. The normalized spacial score (nSPS) is 26.1. The zero-order chi connectivity index (χ0) is 11.1. The monoisotopic (exact) mass is 207 g/mol. The zero-order valence-corrected chi connectivity index (χ0v) is 10.2. The molecular weight excluding hydrogens is 186 g/mol. The van der Waals surface area contributed by atoms with E-state index in [1.54, 1.807) is 0 Å². The first-order valence-electron chi connectivity index (χ1n) is 5.94. The van der Waals surface area contributed by atoms with Gasteiger partial charge >= 0.3 is 0 Å². The predicted octanol–water partition coefficient (Wildman–Crippen LogP) is 3.59. The van der Waals surface area contributed by atoms with Crippen LogP contribution in [0.2, 0.25) is 0 Å². The van der Waals surface area contributed by atoms with Gasteiger partial charge in [0.15, 0.2) is 0 Å². The molecule has 2 nitrogen and oxygen atoms in total. The number of rotatable bonds is 3. The molecule has 1 fully saturated rings. The summed E-state index contributed by atoms with van der Waals surface area (Å²) in [5.41, 5.74) is 0.0512. The summed E-state index contributed by atoms with van der Waals surface area (Å²) in [6.07, 6.45) is 6.82. The highest BCUT2D eigenvalue weighted by molar-refractivity contribution is 5.67. The molecule has 0 saturated heterocycles. The van der Waals surface area contributed by atoms with Crippen molar-refractivity contribution >= 4 is 6.21 Å². The lowest BCUT2D eigenvalue weighted by atomic mass is 9.84. The molecule has 84 valence electrons. The Morgan fingerprint density at radius 3 is 2.53 bits per heavy atom. The van der Waals surface area contributed by atoms with Crippen LogP contribution in [0.25, 0.3) is 0 Å². The highest BCUT2D eigenvalue weighted by Gasteiger charge is 2.38. The lowest BCUT2D eigenvalue weighted by Crippen LogP contribution is -2.22. The summed E-state index contributed by atoms with van der Waals surface area (Å²) >= 11 is 0. The maximum Gasteiger partial charge on any atom is 0.135 e. The Morgan fingerprint density at radius 2 is 2.07 bits per heavy atom. The van der Waals surface area contributed by atoms with Crippen molar-refractivity contribution in [2.24, 2.45) is 28.3 Å². The van der Waals surface area contributed by atoms with Gasteiger partial charge in [-0.25, -0.2) is 0 Å².